The summed E-state index contributed by atoms with van der Waals surface area (Å²) in [4.78, 5) is 13.6. The number of piperidine rings is 1. The summed E-state index contributed by atoms with van der Waals surface area (Å²) >= 11 is 0. The molecule has 1 N–H and O–H groups in total. The molecular weight excluding hydrogens is 212 g/mol. The number of nitrogens with one attached hydrogen (secondary N) is 1. The molecule has 17 heavy (non-hydrogen) atoms. The standard InChI is InChI=1S/C14H18N2O/c1-10(17)15-14-13-7-12(13)9-16(14)8-11-5-3-2-4-6-11/h2-6,12-14H,7-9H2,1H3,(H,15,17). The fourth-order valence-corrected chi connectivity index (χ4v) is 2.94. The highest BCUT2D eigenvalue weighted by atomic mass is 16.1. The maximum absolute atomic E-state index is 11.2. The van der Waals surface area contributed by atoms with Crippen LogP contribution in [-0.2, 0) is 11.3 Å². The van der Waals surface area contributed by atoms with E-state index in [4.69, 9.17) is 0 Å². The third kappa shape index (κ3) is 2.20. The molecule has 1 aromatic carbocycles. The quantitative estimate of drug-likeness (QED) is 0.855. The second-order valence-electron chi connectivity index (χ2n) is 5.22. The maximum atomic E-state index is 11.2. The second-order valence-corrected chi connectivity index (χ2v) is 5.22. The van der Waals surface area contributed by atoms with Crippen LogP contribution in [0.4, 0.5) is 0 Å². The SMILES string of the molecule is CC(=O)NC1C2CC2CN1Cc1ccccc1. The van der Waals surface area contributed by atoms with Gasteiger partial charge in [-0.25, -0.2) is 0 Å². The number of fused-ring (bicyclic) bond motifs is 1. The highest BCUT2D eigenvalue weighted by Crippen LogP contribution is 2.48. The van der Waals surface area contributed by atoms with Crippen LogP contribution in [0.3, 0.4) is 0 Å². The minimum atomic E-state index is 0.0839. The van der Waals surface area contributed by atoms with Gasteiger partial charge in [0.1, 0.15) is 0 Å². The van der Waals surface area contributed by atoms with Crippen LogP contribution in [0.5, 0.6) is 0 Å². The first-order chi connectivity index (χ1) is 8.24. The van der Waals surface area contributed by atoms with E-state index in [0.29, 0.717) is 5.92 Å². The van der Waals surface area contributed by atoms with E-state index < -0.39 is 0 Å². The van der Waals surface area contributed by atoms with Crippen LogP contribution in [0.15, 0.2) is 30.3 Å². The van der Waals surface area contributed by atoms with Crippen molar-refractivity contribution in [3.05, 3.63) is 35.9 Å². The van der Waals surface area contributed by atoms with Crippen molar-refractivity contribution in [2.45, 2.75) is 26.1 Å². The van der Waals surface area contributed by atoms with Crippen LogP contribution < -0.4 is 5.32 Å². The molecule has 3 atom stereocenters. The zero-order valence-electron chi connectivity index (χ0n) is 10.1. The molecule has 0 radical (unpaired) electrons. The highest BCUT2D eigenvalue weighted by Gasteiger charge is 2.52. The van der Waals surface area contributed by atoms with Crippen molar-refractivity contribution in [1.82, 2.24) is 10.2 Å². The number of nitrogens with zero attached hydrogens (tertiary/aromatic N) is 1. The molecule has 3 rings (SSSR count). The van der Waals surface area contributed by atoms with Crippen LogP contribution in [0.25, 0.3) is 0 Å². The van der Waals surface area contributed by atoms with Crippen molar-refractivity contribution >= 4 is 5.91 Å². The van der Waals surface area contributed by atoms with Gasteiger partial charge < -0.3 is 5.32 Å². The summed E-state index contributed by atoms with van der Waals surface area (Å²) in [6.07, 6.45) is 1.55. The first-order valence-corrected chi connectivity index (χ1v) is 6.29. The summed E-state index contributed by atoms with van der Waals surface area (Å²) in [5, 5.41) is 3.09. The Balaban J connectivity index is 1.68. The molecule has 1 aliphatic carbocycles. The molecule has 0 bridgehead atoms. The van der Waals surface area contributed by atoms with Crippen LogP contribution in [0.2, 0.25) is 0 Å². The average Bonchev–Trinajstić information content (AvgIpc) is 2.99. The number of likely N-dealkylation sites (tertiary alicyclic amines) is 1. The van der Waals surface area contributed by atoms with Crippen LogP contribution in [0, 0.1) is 11.8 Å². The molecule has 0 aromatic heterocycles. The number of rotatable bonds is 3. The van der Waals surface area contributed by atoms with E-state index >= 15 is 0 Å². The topological polar surface area (TPSA) is 32.3 Å². The smallest absolute Gasteiger partial charge is 0.218 e. The monoisotopic (exact) mass is 230 g/mol. The molecule has 0 spiro atoms. The summed E-state index contributed by atoms with van der Waals surface area (Å²) in [6.45, 7) is 3.68. The van der Waals surface area contributed by atoms with Gasteiger partial charge in [-0.05, 0) is 23.8 Å². The van der Waals surface area contributed by atoms with E-state index in [0.717, 1.165) is 19.0 Å². The molecule has 2 fully saturated rings. The van der Waals surface area contributed by atoms with Gasteiger partial charge in [0.2, 0.25) is 5.91 Å². The Morgan fingerprint density at radius 1 is 1.41 bits per heavy atom. The van der Waals surface area contributed by atoms with Gasteiger partial charge in [0.25, 0.3) is 0 Å². The number of hydrogen-bond donors (Lipinski definition) is 1. The van der Waals surface area contributed by atoms with Crippen molar-refractivity contribution in [2.75, 3.05) is 6.54 Å². The average molecular weight is 230 g/mol. The van der Waals surface area contributed by atoms with Gasteiger partial charge in [0.15, 0.2) is 0 Å². The zero-order chi connectivity index (χ0) is 11.8. The fraction of sp³-hybridized carbons (Fsp3) is 0.500. The van der Waals surface area contributed by atoms with Gasteiger partial charge in [0.05, 0.1) is 6.17 Å². The number of amides is 1. The van der Waals surface area contributed by atoms with Crippen molar-refractivity contribution in [1.29, 1.82) is 0 Å². The molecule has 3 nitrogen and oxygen atoms in total. The molecule has 2 aliphatic rings. The van der Waals surface area contributed by atoms with Crippen LogP contribution in [0.1, 0.15) is 18.9 Å². The largest absolute Gasteiger partial charge is 0.340 e. The molecule has 3 heteroatoms. The van der Waals surface area contributed by atoms with Crippen molar-refractivity contribution in [3.63, 3.8) is 0 Å². The third-order valence-corrected chi connectivity index (χ3v) is 3.82. The van der Waals surface area contributed by atoms with Gasteiger partial charge in [-0.2, -0.15) is 0 Å². The minimum absolute atomic E-state index is 0.0839. The zero-order valence-corrected chi connectivity index (χ0v) is 10.1. The van der Waals surface area contributed by atoms with Crippen molar-refractivity contribution in [3.8, 4) is 0 Å². The number of benzene rings is 1. The molecular formula is C14H18N2O. The lowest BCUT2D eigenvalue weighted by molar-refractivity contribution is -0.121. The van der Waals surface area contributed by atoms with E-state index in [1.165, 1.54) is 12.0 Å². The summed E-state index contributed by atoms with van der Waals surface area (Å²) in [5.41, 5.74) is 1.32. The van der Waals surface area contributed by atoms with E-state index in [1.807, 2.05) is 6.07 Å². The Labute approximate surface area is 102 Å². The van der Waals surface area contributed by atoms with Crippen molar-refractivity contribution < 1.29 is 4.79 Å². The van der Waals surface area contributed by atoms with E-state index in [1.54, 1.807) is 6.92 Å². The second kappa shape index (κ2) is 4.15. The molecule has 1 heterocycles. The molecule has 1 aliphatic heterocycles. The predicted molar refractivity (Wildman–Crippen MR) is 66.1 cm³/mol. The normalized spacial score (nSPS) is 31.0. The lowest BCUT2D eigenvalue weighted by Gasteiger charge is -2.27. The minimum Gasteiger partial charge on any atom is -0.340 e. The van der Waals surface area contributed by atoms with Crippen LogP contribution >= 0.6 is 0 Å². The van der Waals surface area contributed by atoms with Crippen LogP contribution in [-0.4, -0.2) is 23.5 Å². The van der Waals surface area contributed by atoms with E-state index in [2.05, 4.69) is 34.5 Å². The number of hydrogen-bond acceptors (Lipinski definition) is 2. The summed E-state index contributed by atoms with van der Waals surface area (Å²) in [7, 11) is 0. The highest BCUT2D eigenvalue weighted by molar-refractivity contribution is 5.73. The number of carbonyl (C=O) groups excluding carboxylic acids is 1. The molecule has 1 saturated carbocycles. The number of carbonyl (C=O) groups is 1. The molecule has 1 amide bonds. The van der Waals surface area contributed by atoms with Gasteiger partial charge in [-0.1, -0.05) is 30.3 Å². The predicted octanol–water partition coefficient (Wildman–Crippen LogP) is 1.60. The first kappa shape index (κ1) is 10.8. The lowest BCUT2D eigenvalue weighted by atomic mass is 10.2. The maximum Gasteiger partial charge on any atom is 0.218 e. The Hall–Kier alpha value is -1.35. The van der Waals surface area contributed by atoms with Crippen molar-refractivity contribution in [2.24, 2.45) is 11.8 Å². The Morgan fingerprint density at radius 2 is 2.18 bits per heavy atom. The summed E-state index contributed by atoms with van der Waals surface area (Å²) in [6, 6.07) is 10.5. The Morgan fingerprint density at radius 3 is 2.88 bits per heavy atom. The third-order valence-electron chi connectivity index (χ3n) is 3.82. The van der Waals surface area contributed by atoms with Gasteiger partial charge >= 0.3 is 0 Å². The Kier molecular flexibility index (Phi) is 2.63. The molecule has 3 unspecified atom stereocenters. The lowest BCUT2D eigenvalue weighted by Crippen LogP contribution is -2.45. The Bertz CT molecular complexity index is 417. The summed E-state index contributed by atoms with van der Waals surface area (Å²) < 4.78 is 0. The summed E-state index contributed by atoms with van der Waals surface area (Å²) in [5.74, 6) is 1.60. The first-order valence-electron chi connectivity index (χ1n) is 6.29. The van der Waals surface area contributed by atoms with Gasteiger partial charge in [0, 0.05) is 20.0 Å². The van der Waals surface area contributed by atoms with E-state index in [9.17, 15) is 4.79 Å². The molecule has 1 saturated heterocycles. The molecule has 90 valence electrons. The van der Waals surface area contributed by atoms with Gasteiger partial charge in [-0.3, -0.25) is 9.69 Å². The molecule has 1 aromatic rings. The van der Waals surface area contributed by atoms with Gasteiger partial charge in [-0.15, -0.1) is 0 Å². The van der Waals surface area contributed by atoms with E-state index in [-0.39, 0.29) is 12.1 Å². The fourth-order valence-electron chi connectivity index (χ4n) is 2.94.